The Balaban J connectivity index is 1.96. The maximum atomic E-state index is 13.2. The second kappa shape index (κ2) is 7.62. The fourth-order valence-corrected chi connectivity index (χ4v) is 3.39. The first-order valence-electron chi connectivity index (χ1n) is 8.18. The Labute approximate surface area is 174 Å². The normalized spacial score (nSPS) is 11.3. The maximum Gasteiger partial charge on any atom is 0.266 e. The van der Waals surface area contributed by atoms with Gasteiger partial charge in [0.1, 0.15) is 5.82 Å². The van der Waals surface area contributed by atoms with Crippen molar-refractivity contribution < 1.29 is 0 Å². The van der Waals surface area contributed by atoms with Gasteiger partial charge in [0.05, 0.1) is 16.6 Å². The molecule has 27 heavy (non-hydrogen) atoms. The Morgan fingerprint density at radius 3 is 2.59 bits per heavy atom. The summed E-state index contributed by atoms with van der Waals surface area (Å²) in [6.07, 6.45) is 7.19. The molecule has 0 aliphatic rings. The molecule has 4 rings (SSSR count). The molecule has 0 radical (unpaired) electrons. The lowest BCUT2D eigenvalue weighted by Crippen LogP contribution is -2.22. The summed E-state index contributed by atoms with van der Waals surface area (Å²) in [5, 5.41) is 1.19. The highest BCUT2D eigenvalue weighted by atomic mass is 127. The molecule has 0 amide bonds. The fourth-order valence-electron chi connectivity index (χ4n) is 2.77. The third-order valence-corrected chi connectivity index (χ3v) is 4.97. The van der Waals surface area contributed by atoms with E-state index in [0.29, 0.717) is 27.4 Å². The number of fused-ring (bicyclic) bond motifs is 1. The third kappa shape index (κ3) is 3.79. The van der Waals surface area contributed by atoms with Gasteiger partial charge in [-0.15, -0.1) is 0 Å². The van der Waals surface area contributed by atoms with Gasteiger partial charge in [0.25, 0.3) is 5.56 Å². The molecule has 0 spiro atoms. The maximum absolute atomic E-state index is 13.2. The summed E-state index contributed by atoms with van der Waals surface area (Å²) in [5.41, 5.74) is 2.18. The lowest BCUT2D eigenvalue weighted by molar-refractivity contribution is 0.944. The van der Waals surface area contributed by atoms with Gasteiger partial charge in [0.2, 0.25) is 0 Å². The molecule has 0 unspecified atom stereocenters. The van der Waals surface area contributed by atoms with Gasteiger partial charge in [0.15, 0.2) is 0 Å². The average Bonchev–Trinajstić information content (AvgIpc) is 2.69. The average molecular weight is 486 g/mol. The van der Waals surface area contributed by atoms with E-state index in [-0.39, 0.29) is 5.56 Å². The molecular weight excluding hydrogens is 473 g/mol. The first-order chi connectivity index (χ1) is 13.1. The lowest BCUT2D eigenvalue weighted by atomic mass is 10.2. The molecule has 4 aromatic rings. The number of nitrogens with zero attached hydrogens (tertiary/aromatic N) is 3. The van der Waals surface area contributed by atoms with Crippen molar-refractivity contribution in [3.05, 3.63) is 97.3 Å². The molecule has 0 bridgehead atoms. The number of halogens is 2. The van der Waals surface area contributed by atoms with Crippen molar-refractivity contribution in [1.82, 2.24) is 14.5 Å². The molecule has 0 N–H and O–H groups in total. The molecule has 0 saturated carbocycles. The Hall–Kier alpha value is -2.51. The summed E-state index contributed by atoms with van der Waals surface area (Å²) in [7, 11) is 0. The number of aromatic nitrogens is 3. The van der Waals surface area contributed by atoms with Gasteiger partial charge >= 0.3 is 0 Å². The van der Waals surface area contributed by atoms with E-state index in [1.807, 2.05) is 54.6 Å². The first-order valence-corrected chi connectivity index (χ1v) is 9.64. The van der Waals surface area contributed by atoms with Gasteiger partial charge in [-0.25, -0.2) is 4.98 Å². The summed E-state index contributed by atoms with van der Waals surface area (Å²) in [6, 6.07) is 16.6. The largest absolute Gasteiger partial charge is 0.268 e. The third-order valence-electron chi connectivity index (χ3n) is 4.05. The second-order valence-electron chi connectivity index (χ2n) is 5.87. The van der Waals surface area contributed by atoms with Gasteiger partial charge in [-0.3, -0.25) is 14.3 Å². The van der Waals surface area contributed by atoms with E-state index < -0.39 is 0 Å². The van der Waals surface area contributed by atoms with E-state index in [4.69, 9.17) is 16.6 Å². The molecule has 132 valence electrons. The number of pyridine rings is 1. The summed E-state index contributed by atoms with van der Waals surface area (Å²) in [5.74, 6) is 0.542. The number of benzene rings is 2. The van der Waals surface area contributed by atoms with E-state index in [2.05, 4.69) is 27.6 Å². The molecule has 2 heterocycles. The molecule has 2 aromatic heterocycles. The lowest BCUT2D eigenvalue weighted by Gasteiger charge is -2.12. The van der Waals surface area contributed by atoms with Crippen LogP contribution in [0, 0.1) is 3.57 Å². The Morgan fingerprint density at radius 1 is 1.04 bits per heavy atom. The summed E-state index contributed by atoms with van der Waals surface area (Å²) in [4.78, 5) is 22.1. The predicted molar refractivity (Wildman–Crippen MR) is 118 cm³/mol. The van der Waals surface area contributed by atoms with Crippen molar-refractivity contribution in [3.63, 3.8) is 0 Å². The van der Waals surface area contributed by atoms with E-state index in [0.717, 1.165) is 9.13 Å². The molecule has 0 aliphatic carbocycles. The van der Waals surface area contributed by atoms with E-state index >= 15 is 0 Å². The van der Waals surface area contributed by atoms with Crippen LogP contribution in [-0.2, 0) is 0 Å². The topological polar surface area (TPSA) is 47.8 Å². The van der Waals surface area contributed by atoms with Crippen LogP contribution in [0.25, 0.3) is 28.7 Å². The highest BCUT2D eigenvalue weighted by Gasteiger charge is 2.11. The van der Waals surface area contributed by atoms with Crippen molar-refractivity contribution in [3.8, 4) is 5.69 Å². The van der Waals surface area contributed by atoms with Crippen LogP contribution in [0.2, 0.25) is 5.02 Å². The van der Waals surface area contributed by atoms with Gasteiger partial charge in [-0.05, 0) is 88.8 Å². The van der Waals surface area contributed by atoms with Crippen molar-refractivity contribution in [2.75, 3.05) is 0 Å². The van der Waals surface area contributed by atoms with E-state index in [9.17, 15) is 4.79 Å². The highest BCUT2D eigenvalue weighted by Crippen LogP contribution is 2.19. The molecule has 4 nitrogen and oxygen atoms in total. The summed E-state index contributed by atoms with van der Waals surface area (Å²) < 4.78 is 2.59. The Bertz CT molecular complexity index is 1200. The van der Waals surface area contributed by atoms with Crippen LogP contribution in [0.1, 0.15) is 11.4 Å². The Morgan fingerprint density at radius 2 is 1.85 bits per heavy atom. The quantitative estimate of drug-likeness (QED) is 0.374. The minimum atomic E-state index is -0.119. The minimum Gasteiger partial charge on any atom is -0.268 e. The smallest absolute Gasteiger partial charge is 0.266 e. The fraction of sp³-hybridized carbons (Fsp3) is 0. The van der Waals surface area contributed by atoms with Crippen LogP contribution in [0.15, 0.2) is 71.8 Å². The van der Waals surface area contributed by atoms with Crippen LogP contribution in [-0.4, -0.2) is 14.5 Å². The second-order valence-corrected chi connectivity index (χ2v) is 7.55. The highest BCUT2D eigenvalue weighted by molar-refractivity contribution is 14.1. The Kier molecular flexibility index (Phi) is 5.05. The first kappa shape index (κ1) is 17.9. The molecular formula is C21H13ClIN3O. The molecule has 0 fully saturated rings. The van der Waals surface area contributed by atoms with Crippen LogP contribution in [0.4, 0.5) is 0 Å². The van der Waals surface area contributed by atoms with E-state index in [1.54, 1.807) is 29.1 Å². The monoisotopic (exact) mass is 485 g/mol. The molecule has 2 aromatic carbocycles. The molecule has 0 saturated heterocycles. The van der Waals surface area contributed by atoms with Crippen molar-refractivity contribution >= 4 is 57.2 Å². The van der Waals surface area contributed by atoms with Crippen LogP contribution in [0.5, 0.6) is 0 Å². The van der Waals surface area contributed by atoms with Gasteiger partial charge in [-0.1, -0.05) is 17.7 Å². The van der Waals surface area contributed by atoms with Crippen LogP contribution < -0.4 is 5.56 Å². The van der Waals surface area contributed by atoms with Crippen molar-refractivity contribution in [1.29, 1.82) is 0 Å². The van der Waals surface area contributed by atoms with E-state index in [1.165, 1.54) is 0 Å². The predicted octanol–water partition coefficient (Wildman–Crippen LogP) is 5.21. The number of hydrogen-bond acceptors (Lipinski definition) is 3. The summed E-state index contributed by atoms with van der Waals surface area (Å²) in [6.45, 7) is 0. The molecule has 0 aliphatic heterocycles. The van der Waals surface area contributed by atoms with Gasteiger partial charge in [0, 0.05) is 21.0 Å². The van der Waals surface area contributed by atoms with Crippen LogP contribution >= 0.6 is 34.2 Å². The van der Waals surface area contributed by atoms with Crippen molar-refractivity contribution in [2.24, 2.45) is 0 Å². The van der Waals surface area contributed by atoms with Gasteiger partial charge in [-0.2, -0.15) is 0 Å². The SMILES string of the molecule is O=c1c2cc(I)ccc2nc(C=Cc2cccnc2)n1-c1ccc(Cl)cc1. The van der Waals surface area contributed by atoms with Gasteiger partial charge < -0.3 is 0 Å². The van der Waals surface area contributed by atoms with Crippen LogP contribution in [0.3, 0.4) is 0 Å². The summed E-state index contributed by atoms with van der Waals surface area (Å²) >= 11 is 8.20. The molecule has 0 atom stereocenters. The minimum absolute atomic E-state index is 0.119. The number of hydrogen-bond donors (Lipinski definition) is 0. The zero-order valence-electron chi connectivity index (χ0n) is 14.0. The number of rotatable bonds is 3. The molecule has 6 heteroatoms. The zero-order chi connectivity index (χ0) is 18.8. The standard InChI is InChI=1S/C21H13ClIN3O/c22-15-4-7-17(8-5-15)26-20(10-3-14-2-1-11-24-13-14)25-19-9-6-16(23)12-18(19)21(26)27/h1-13H. The zero-order valence-corrected chi connectivity index (χ0v) is 16.9. The van der Waals surface area contributed by atoms with Crippen molar-refractivity contribution in [2.45, 2.75) is 0 Å².